The Labute approximate surface area is 157 Å². The molecule has 0 aromatic heterocycles. The lowest BCUT2D eigenvalue weighted by Gasteiger charge is -2.40. The van der Waals surface area contributed by atoms with Crippen molar-refractivity contribution in [1.82, 2.24) is 0 Å². The molecule has 0 N–H and O–H groups in total. The molecule has 138 valence electrons. The predicted molar refractivity (Wildman–Crippen MR) is 107 cm³/mol. The highest BCUT2D eigenvalue weighted by atomic mass is 16.5. The molecular formula is C24H30O2. The number of ether oxygens (including phenoxy) is 2. The van der Waals surface area contributed by atoms with Crippen LogP contribution >= 0.6 is 0 Å². The average molecular weight is 351 g/mol. The van der Waals surface area contributed by atoms with E-state index < -0.39 is 0 Å². The third kappa shape index (κ3) is 5.55. The van der Waals surface area contributed by atoms with Crippen LogP contribution in [0.3, 0.4) is 0 Å². The summed E-state index contributed by atoms with van der Waals surface area (Å²) in [4.78, 5) is 0. The average Bonchev–Trinajstić information content (AvgIpc) is 2.70. The molecule has 0 heterocycles. The minimum absolute atomic E-state index is 0.0979. The van der Waals surface area contributed by atoms with Crippen LogP contribution in [0.1, 0.15) is 36.8 Å². The highest BCUT2D eigenvalue weighted by Gasteiger charge is 2.36. The fraction of sp³-hybridized carbons (Fsp3) is 0.417. The van der Waals surface area contributed by atoms with Crippen molar-refractivity contribution in [2.45, 2.75) is 38.9 Å². The van der Waals surface area contributed by atoms with Gasteiger partial charge in [-0.3, -0.25) is 0 Å². The van der Waals surface area contributed by atoms with Crippen molar-refractivity contribution in [3.63, 3.8) is 0 Å². The first kappa shape index (κ1) is 18.9. The maximum atomic E-state index is 6.14. The van der Waals surface area contributed by atoms with Crippen LogP contribution in [-0.4, -0.2) is 13.2 Å². The van der Waals surface area contributed by atoms with Crippen molar-refractivity contribution < 1.29 is 9.47 Å². The molecule has 2 aromatic carbocycles. The van der Waals surface area contributed by atoms with Crippen molar-refractivity contribution in [1.29, 1.82) is 0 Å². The van der Waals surface area contributed by atoms with E-state index in [4.69, 9.17) is 9.47 Å². The molecule has 0 amide bonds. The second-order valence-electron chi connectivity index (χ2n) is 7.55. The molecule has 1 atom stereocenters. The second-order valence-corrected chi connectivity index (χ2v) is 7.55. The second kappa shape index (κ2) is 9.70. The highest BCUT2D eigenvalue weighted by molar-refractivity contribution is 5.14. The van der Waals surface area contributed by atoms with Crippen LogP contribution in [0.5, 0.6) is 0 Å². The molecular weight excluding hydrogens is 320 g/mol. The third-order valence-electron chi connectivity index (χ3n) is 5.35. The Morgan fingerprint density at radius 1 is 0.885 bits per heavy atom. The molecule has 2 heteroatoms. The Hall–Kier alpha value is -1.90. The molecule has 0 aliphatic heterocycles. The smallest absolute Gasteiger partial charge is 0.0717 e. The zero-order chi connectivity index (χ0) is 18.1. The van der Waals surface area contributed by atoms with Gasteiger partial charge in [0.05, 0.1) is 26.4 Å². The van der Waals surface area contributed by atoms with Crippen LogP contribution in [0.2, 0.25) is 0 Å². The third-order valence-corrected chi connectivity index (χ3v) is 5.35. The first-order valence-corrected chi connectivity index (χ1v) is 9.66. The van der Waals surface area contributed by atoms with Gasteiger partial charge in [0.15, 0.2) is 0 Å². The van der Waals surface area contributed by atoms with Gasteiger partial charge in [-0.15, -0.1) is 6.58 Å². The lowest BCUT2D eigenvalue weighted by Crippen LogP contribution is -2.37. The Morgan fingerprint density at radius 3 is 1.92 bits per heavy atom. The first-order chi connectivity index (χ1) is 12.8. The molecule has 1 aliphatic carbocycles. The van der Waals surface area contributed by atoms with E-state index in [1.165, 1.54) is 30.4 Å². The Kier molecular flexibility index (Phi) is 7.04. The van der Waals surface area contributed by atoms with E-state index in [0.717, 1.165) is 19.6 Å². The molecule has 0 bridgehead atoms. The molecule has 0 saturated heterocycles. The summed E-state index contributed by atoms with van der Waals surface area (Å²) in [6, 6.07) is 20.8. The Morgan fingerprint density at radius 2 is 1.42 bits per heavy atom. The Balaban J connectivity index is 1.57. The minimum Gasteiger partial charge on any atom is -0.376 e. The normalized spacial score (nSPS) is 19.2. The number of benzene rings is 2. The van der Waals surface area contributed by atoms with Gasteiger partial charge < -0.3 is 9.47 Å². The number of hydrogen-bond donors (Lipinski definition) is 0. The molecule has 0 spiro atoms. The SMILES string of the molecule is C=C[C@H]1CCCC(COCc2ccccc2)(COCc2ccccc2)C1. The van der Waals surface area contributed by atoms with Gasteiger partial charge in [0.1, 0.15) is 0 Å². The van der Waals surface area contributed by atoms with E-state index in [1.807, 2.05) is 12.1 Å². The summed E-state index contributed by atoms with van der Waals surface area (Å²) >= 11 is 0. The first-order valence-electron chi connectivity index (χ1n) is 9.66. The number of rotatable bonds is 9. The van der Waals surface area contributed by atoms with E-state index in [2.05, 4.69) is 61.2 Å². The molecule has 1 aliphatic rings. The molecule has 0 radical (unpaired) electrons. The summed E-state index contributed by atoms with van der Waals surface area (Å²) in [6.07, 6.45) is 6.85. The molecule has 1 saturated carbocycles. The summed E-state index contributed by atoms with van der Waals surface area (Å²) in [5, 5.41) is 0. The van der Waals surface area contributed by atoms with E-state index >= 15 is 0 Å². The van der Waals surface area contributed by atoms with Crippen LogP contribution in [-0.2, 0) is 22.7 Å². The minimum atomic E-state index is 0.0979. The lowest BCUT2D eigenvalue weighted by molar-refractivity contribution is -0.0578. The topological polar surface area (TPSA) is 18.5 Å². The van der Waals surface area contributed by atoms with Gasteiger partial charge in [-0.2, -0.15) is 0 Å². The van der Waals surface area contributed by atoms with Crippen molar-refractivity contribution in [2.75, 3.05) is 13.2 Å². The van der Waals surface area contributed by atoms with Crippen LogP contribution in [0.25, 0.3) is 0 Å². The van der Waals surface area contributed by atoms with E-state index in [-0.39, 0.29) is 5.41 Å². The number of hydrogen-bond acceptors (Lipinski definition) is 2. The maximum Gasteiger partial charge on any atom is 0.0717 e. The summed E-state index contributed by atoms with van der Waals surface area (Å²) < 4.78 is 12.3. The van der Waals surface area contributed by atoms with Crippen molar-refractivity contribution >= 4 is 0 Å². The van der Waals surface area contributed by atoms with Gasteiger partial charge in [0, 0.05) is 5.41 Å². The van der Waals surface area contributed by atoms with Crippen molar-refractivity contribution in [3.05, 3.63) is 84.4 Å². The van der Waals surface area contributed by atoms with E-state index in [0.29, 0.717) is 19.1 Å². The monoisotopic (exact) mass is 350 g/mol. The standard InChI is InChI=1S/C24H30O2/c1-2-21-14-9-15-24(16-21,19-25-17-22-10-5-3-6-11-22)20-26-18-23-12-7-4-8-13-23/h2-8,10-13,21H,1,9,14-20H2/t21-/m0/s1. The lowest BCUT2D eigenvalue weighted by atomic mass is 9.70. The van der Waals surface area contributed by atoms with Gasteiger partial charge in [0.2, 0.25) is 0 Å². The summed E-state index contributed by atoms with van der Waals surface area (Å²) in [5.74, 6) is 0.574. The molecule has 1 fully saturated rings. The highest BCUT2D eigenvalue weighted by Crippen LogP contribution is 2.41. The molecule has 2 aromatic rings. The van der Waals surface area contributed by atoms with Gasteiger partial charge in [-0.1, -0.05) is 73.2 Å². The van der Waals surface area contributed by atoms with Crippen molar-refractivity contribution in [3.8, 4) is 0 Å². The van der Waals surface area contributed by atoms with E-state index in [9.17, 15) is 0 Å². The van der Waals surface area contributed by atoms with Crippen molar-refractivity contribution in [2.24, 2.45) is 11.3 Å². The fourth-order valence-corrected chi connectivity index (χ4v) is 3.92. The number of allylic oxidation sites excluding steroid dienone is 1. The zero-order valence-electron chi connectivity index (χ0n) is 15.6. The summed E-state index contributed by atoms with van der Waals surface area (Å²) in [5.41, 5.74) is 2.55. The molecule has 0 unspecified atom stereocenters. The Bertz CT molecular complexity index is 605. The summed E-state index contributed by atoms with van der Waals surface area (Å²) in [7, 11) is 0. The summed E-state index contributed by atoms with van der Waals surface area (Å²) in [6.45, 7) is 6.86. The van der Waals surface area contributed by atoms with Crippen LogP contribution < -0.4 is 0 Å². The quantitative estimate of drug-likeness (QED) is 0.534. The zero-order valence-corrected chi connectivity index (χ0v) is 15.6. The van der Waals surface area contributed by atoms with Crippen LogP contribution in [0.15, 0.2) is 73.3 Å². The molecule has 2 nitrogen and oxygen atoms in total. The van der Waals surface area contributed by atoms with E-state index in [1.54, 1.807) is 0 Å². The van der Waals surface area contributed by atoms with Crippen LogP contribution in [0.4, 0.5) is 0 Å². The fourth-order valence-electron chi connectivity index (χ4n) is 3.92. The predicted octanol–water partition coefficient (Wildman–Crippen LogP) is 5.78. The van der Waals surface area contributed by atoms with Gasteiger partial charge >= 0.3 is 0 Å². The molecule has 26 heavy (non-hydrogen) atoms. The maximum absolute atomic E-state index is 6.14. The van der Waals surface area contributed by atoms with Gasteiger partial charge in [-0.25, -0.2) is 0 Å². The van der Waals surface area contributed by atoms with Gasteiger partial charge in [-0.05, 0) is 36.3 Å². The molecule has 3 rings (SSSR count). The van der Waals surface area contributed by atoms with Gasteiger partial charge in [0.25, 0.3) is 0 Å². The van der Waals surface area contributed by atoms with Crippen LogP contribution in [0, 0.1) is 11.3 Å². The largest absolute Gasteiger partial charge is 0.376 e.